The summed E-state index contributed by atoms with van der Waals surface area (Å²) in [6.07, 6.45) is 0.867. The number of amides is 9. The van der Waals surface area contributed by atoms with Crippen molar-refractivity contribution < 1.29 is 43.0 Å². The number of likely N-dealkylation sites (N-methyl/N-ethyl adjacent to an activating group) is 1. The van der Waals surface area contributed by atoms with Crippen molar-refractivity contribution in [2.24, 2.45) is 11.5 Å². The van der Waals surface area contributed by atoms with Crippen LogP contribution in [0.5, 0.6) is 5.75 Å². The van der Waals surface area contributed by atoms with Gasteiger partial charge >= 0.3 is 18.2 Å². The van der Waals surface area contributed by atoms with Gasteiger partial charge in [0.05, 0.1) is 24.7 Å². The second kappa shape index (κ2) is 24.5. The molecule has 4 aromatic rings. The second-order valence-electron chi connectivity index (χ2n) is 17.2. The van der Waals surface area contributed by atoms with Crippen molar-refractivity contribution in [2.45, 2.75) is 77.2 Å². The third-order valence-electron chi connectivity index (χ3n) is 12.2. The average molecular weight is 962 g/mol. The number of carbonyl (C=O) groups is 7. The van der Waals surface area contributed by atoms with Gasteiger partial charge in [0.2, 0.25) is 23.6 Å². The molecule has 4 atom stereocenters. The van der Waals surface area contributed by atoms with E-state index in [0.717, 1.165) is 12.1 Å². The first-order valence-corrected chi connectivity index (χ1v) is 23.3. The Morgan fingerprint density at radius 3 is 2.19 bits per heavy atom. The molecule has 20 nitrogen and oxygen atoms in total. The van der Waals surface area contributed by atoms with Crippen molar-refractivity contribution in [3.63, 3.8) is 0 Å². The van der Waals surface area contributed by atoms with Gasteiger partial charge in [-0.15, -0.1) is 0 Å². The van der Waals surface area contributed by atoms with Crippen LogP contribution in [-0.2, 0) is 30.5 Å². The van der Waals surface area contributed by atoms with E-state index in [1.165, 1.54) is 0 Å². The van der Waals surface area contributed by atoms with E-state index in [0.29, 0.717) is 91.7 Å². The highest BCUT2D eigenvalue weighted by Gasteiger charge is 2.39. The number of anilines is 5. The fourth-order valence-corrected chi connectivity index (χ4v) is 8.31. The summed E-state index contributed by atoms with van der Waals surface area (Å²) < 4.78 is 11.8. The summed E-state index contributed by atoms with van der Waals surface area (Å²) in [6.45, 7) is 7.96. The Morgan fingerprint density at radius 1 is 0.829 bits per heavy atom. The largest absolute Gasteiger partial charge is 0.492 e. The number of nitrogens with one attached hydrogen (secondary N) is 5. The first-order chi connectivity index (χ1) is 33.6. The number of hydrogen-bond acceptors (Lipinski definition) is 11. The van der Waals surface area contributed by atoms with Gasteiger partial charge in [0.1, 0.15) is 19.0 Å². The number of ether oxygens (including phenoxy) is 2. The maximum absolute atomic E-state index is 14.3. The van der Waals surface area contributed by atoms with Crippen LogP contribution in [0, 0.1) is 0 Å². The summed E-state index contributed by atoms with van der Waals surface area (Å²) in [5, 5.41) is 13.3. The topological polar surface area (TPSA) is 263 Å². The molecule has 0 saturated carbocycles. The Bertz CT molecular complexity index is 2470. The van der Waals surface area contributed by atoms with Gasteiger partial charge in [-0.1, -0.05) is 37.3 Å². The highest BCUT2D eigenvalue weighted by atomic mass is 16.6. The first kappa shape index (κ1) is 51.7. The number of primary amides is 1. The van der Waals surface area contributed by atoms with Crippen molar-refractivity contribution >= 4 is 70.2 Å². The summed E-state index contributed by atoms with van der Waals surface area (Å²) >= 11 is 0. The van der Waals surface area contributed by atoms with Crippen LogP contribution in [-0.4, -0.2) is 116 Å². The fraction of sp³-hybridized carbons (Fsp3) is 0.380. The second-order valence-corrected chi connectivity index (χ2v) is 17.2. The molecule has 0 unspecified atom stereocenters. The van der Waals surface area contributed by atoms with Crippen molar-refractivity contribution in [3.05, 3.63) is 108 Å². The Hall–Kier alpha value is -7.71. The number of piperazine rings is 1. The molecule has 0 aliphatic carbocycles. The van der Waals surface area contributed by atoms with Gasteiger partial charge in [0.15, 0.2) is 0 Å². The van der Waals surface area contributed by atoms with Crippen molar-refractivity contribution in [1.29, 1.82) is 0 Å². The van der Waals surface area contributed by atoms with Gasteiger partial charge in [-0.25, -0.2) is 14.4 Å². The molecule has 9 N–H and O–H groups in total. The van der Waals surface area contributed by atoms with Crippen LogP contribution in [0.25, 0.3) is 0 Å². The molecule has 0 bridgehead atoms. The lowest BCUT2D eigenvalue weighted by Crippen LogP contribution is -2.55. The van der Waals surface area contributed by atoms with E-state index in [2.05, 4.69) is 31.5 Å². The van der Waals surface area contributed by atoms with Crippen LogP contribution in [0.3, 0.4) is 0 Å². The zero-order valence-corrected chi connectivity index (χ0v) is 39.9. The molecule has 6 rings (SSSR count). The molecule has 20 heteroatoms. The molecule has 1 saturated heterocycles. The highest BCUT2D eigenvalue weighted by Crippen LogP contribution is 2.43. The summed E-state index contributed by atoms with van der Waals surface area (Å²) in [5.74, 6) is -0.224. The van der Waals surface area contributed by atoms with E-state index in [1.807, 2.05) is 45.0 Å². The molecule has 4 aromatic carbocycles. The van der Waals surface area contributed by atoms with Crippen LogP contribution in [0.1, 0.15) is 63.6 Å². The van der Waals surface area contributed by atoms with Gasteiger partial charge in [-0.05, 0) is 111 Å². The fourth-order valence-electron chi connectivity index (χ4n) is 8.31. The SMILES string of the molecule is CCC(=O)N1c2ccccc2[C@H](N(C(=O)OCc2ccc(NC(=O)[C@@H](N)CCCNC(N)=O)cc2)c2ccc(NC(=O)CNC(=O)Nc3ccc(OCCN4CCN(C)C(=O)[C@H]4C)cc3)cc2)C[C@@H]1C. The monoisotopic (exact) mass is 961 g/mol. The molecule has 1 fully saturated rings. The third kappa shape index (κ3) is 13.9. The lowest BCUT2D eigenvalue weighted by Gasteiger charge is -2.43. The zero-order valence-electron chi connectivity index (χ0n) is 39.9. The molecule has 2 heterocycles. The van der Waals surface area contributed by atoms with Crippen molar-refractivity contribution in [3.8, 4) is 5.75 Å². The molecule has 0 radical (unpaired) electrons. The lowest BCUT2D eigenvalue weighted by molar-refractivity contribution is -0.139. The van der Waals surface area contributed by atoms with Crippen molar-refractivity contribution in [1.82, 2.24) is 20.4 Å². The van der Waals surface area contributed by atoms with Crippen LogP contribution >= 0.6 is 0 Å². The van der Waals surface area contributed by atoms with E-state index in [-0.39, 0.29) is 37.0 Å². The average Bonchev–Trinajstić information content (AvgIpc) is 3.35. The van der Waals surface area contributed by atoms with Gasteiger partial charge in [0, 0.05) is 74.1 Å². The Morgan fingerprint density at radius 2 is 1.49 bits per heavy atom. The molecule has 0 aromatic heterocycles. The predicted molar refractivity (Wildman–Crippen MR) is 266 cm³/mol. The van der Waals surface area contributed by atoms with Crippen molar-refractivity contribution in [2.75, 3.05) is 72.1 Å². The maximum Gasteiger partial charge on any atom is 0.415 e. The van der Waals surface area contributed by atoms with E-state index >= 15 is 0 Å². The summed E-state index contributed by atoms with van der Waals surface area (Å²) in [4.78, 5) is 96.1. The highest BCUT2D eigenvalue weighted by molar-refractivity contribution is 5.99. The molecule has 372 valence electrons. The lowest BCUT2D eigenvalue weighted by atomic mass is 9.90. The molecule has 70 heavy (non-hydrogen) atoms. The molecule has 0 spiro atoms. The van der Waals surface area contributed by atoms with Gasteiger partial charge in [-0.2, -0.15) is 0 Å². The standard InChI is InChI=1S/C50H63N11O9/c1-5-45(63)60-32(2)29-43(40-9-6-7-11-42(40)60)61(50(68)70-31-34-12-14-36(15-13-34)56-46(64)41(51)10-8-24-53-48(52)66)38-20-16-35(17-21-38)55-44(62)30-54-49(67)57-37-18-22-39(23-19-37)69-28-27-59-26-25-58(4)47(65)33(59)3/h6-7,9,11-23,32-33,41,43H,5,8,10,24-31,51H2,1-4H3,(H,55,62)(H,56,64)(H3,52,53,66)(H2,54,57,67)/t32-,33+,41-,43+/m0/s1. The quantitative estimate of drug-likeness (QED) is 0.0607. The van der Waals surface area contributed by atoms with Crippen LogP contribution in [0.15, 0.2) is 97.1 Å². The van der Waals surface area contributed by atoms with Gasteiger partial charge in [-0.3, -0.25) is 29.0 Å². The van der Waals surface area contributed by atoms with E-state index in [9.17, 15) is 33.6 Å². The van der Waals surface area contributed by atoms with Crippen LogP contribution in [0.4, 0.5) is 42.8 Å². The molecule has 2 aliphatic heterocycles. The minimum atomic E-state index is -0.802. The number of para-hydroxylation sites is 1. The van der Waals surface area contributed by atoms with Crippen LogP contribution in [0.2, 0.25) is 0 Å². The maximum atomic E-state index is 14.3. The molecule has 9 amide bonds. The number of carbonyl (C=O) groups excluding carboxylic acids is 7. The predicted octanol–water partition coefficient (Wildman–Crippen LogP) is 5.12. The molecule has 2 aliphatic rings. The molecular weight excluding hydrogens is 899 g/mol. The minimum absolute atomic E-state index is 0.0398. The summed E-state index contributed by atoms with van der Waals surface area (Å²) in [5.41, 5.74) is 15.1. The minimum Gasteiger partial charge on any atom is -0.492 e. The molecular formula is C50H63N11O9. The number of urea groups is 2. The Labute approximate surface area is 407 Å². The van der Waals surface area contributed by atoms with Gasteiger partial charge in [0.25, 0.3) is 0 Å². The number of benzene rings is 4. The smallest absolute Gasteiger partial charge is 0.415 e. The van der Waals surface area contributed by atoms with Gasteiger partial charge < -0.3 is 57.3 Å². The Kier molecular flexibility index (Phi) is 18.1. The normalized spacial score (nSPS) is 17.0. The number of hydrogen-bond donors (Lipinski definition) is 7. The summed E-state index contributed by atoms with van der Waals surface area (Å²) in [6, 6.07) is 24.7. The number of rotatable bonds is 19. The van der Waals surface area contributed by atoms with Crippen LogP contribution < -0.4 is 52.6 Å². The number of fused-ring (bicyclic) bond motifs is 1. The first-order valence-electron chi connectivity index (χ1n) is 23.3. The zero-order chi connectivity index (χ0) is 50.3. The third-order valence-corrected chi connectivity index (χ3v) is 12.2. The summed E-state index contributed by atoms with van der Waals surface area (Å²) in [7, 11) is 1.80. The van der Waals surface area contributed by atoms with E-state index in [1.54, 1.807) is 94.5 Å². The number of nitrogens with two attached hydrogens (primary N) is 2. The number of nitrogens with zero attached hydrogens (tertiary/aromatic N) is 4. The van der Waals surface area contributed by atoms with E-state index < -0.39 is 42.1 Å². The Balaban J connectivity index is 1.05. The van der Waals surface area contributed by atoms with E-state index in [4.69, 9.17) is 20.9 Å².